The van der Waals surface area contributed by atoms with E-state index in [0.29, 0.717) is 29.8 Å². The first kappa shape index (κ1) is 15.6. The Morgan fingerprint density at radius 3 is 2.15 bits per heavy atom. The second-order valence-corrected chi connectivity index (χ2v) is 9.46. The van der Waals surface area contributed by atoms with Gasteiger partial charge < -0.3 is 0 Å². The van der Waals surface area contributed by atoms with Crippen molar-refractivity contribution in [2.24, 2.45) is 0 Å². The largest absolute Gasteiger partial charge is 0.270 e. The average Bonchev–Trinajstić information content (AvgIpc) is 2.24. The van der Waals surface area contributed by atoms with Crippen LogP contribution in [-0.4, -0.2) is 29.1 Å². The van der Waals surface area contributed by atoms with Crippen LogP contribution in [0, 0.1) is 13.8 Å². The van der Waals surface area contributed by atoms with Crippen molar-refractivity contribution < 1.29 is 16.8 Å². The normalized spacial score (nSPS) is 19.1. The molecule has 20 heavy (non-hydrogen) atoms. The minimum Gasteiger partial charge on any atom is -0.270 e. The lowest BCUT2D eigenvalue weighted by Gasteiger charge is -2.29. The van der Waals surface area contributed by atoms with Gasteiger partial charge >= 0.3 is 0 Å². The summed E-state index contributed by atoms with van der Waals surface area (Å²) in [4.78, 5) is 0.0531. The first-order chi connectivity index (χ1) is 9.13. The maximum Gasteiger partial charge on any atom is 0.261 e. The second-order valence-electron chi connectivity index (χ2n) is 4.94. The number of rotatable bonds is 2. The predicted molar refractivity (Wildman–Crippen MR) is 79.3 cm³/mol. The highest BCUT2D eigenvalue weighted by molar-refractivity contribution is 8.13. The van der Waals surface area contributed by atoms with Gasteiger partial charge in [-0.1, -0.05) is 0 Å². The van der Waals surface area contributed by atoms with Crippen LogP contribution in [-0.2, 0) is 19.1 Å². The number of hydrogen-bond donors (Lipinski definition) is 0. The summed E-state index contributed by atoms with van der Waals surface area (Å²) in [6.45, 7) is 3.65. The van der Waals surface area contributed by atoms with Crippen molar-refractivity contribution in [3.05, 3.63) is 23.3 Å². The maximum absolute atomic E-state index is 12.1. The number of halogens is 1. The quantitative estimate of drug-likeness (QED) is 0.775. The van der Waals surface area contributed by atoms with Crippen molar-refractivity contribution in [1.29, 1.82) is 0 Å². The number of hydrogen-bond acceptors (Lipinski definition) is 4. The summed E-state index contributed by atoms with van der Waals surface area (Å²) in [5.74, 6) is 0.126. The summed E-state index contributed by atoms with van der Waals surface area (Å²) in [6.07, 6.45) is 1.46. The van der Waals surface area contributed by atoms with Crippen molar-refractivity contribution in [3.63, 3.8) is 0 Å². The first-order valence-corrected chi connectivity index (χ1v) is 10.1. The molecule has 1 aliphatic heterocycles. The second kappa shape index (κ2) is 5.20. The van der Waals surface area contributed by atoms with Crippen molar-refractivity contribution in [3.8, 4) is 0 Å². The third-order valence-electron chi connectivity index (χ3n) is 3.33. The van der Waals surface area contributed by atoms with E-state index in [-0.39, 0.29) is 10.6 Å². The summed E-state index contributed by atoms with van der Waals surface area (Å²) in [5.41, 5.74) is 1.41. The van der Waals surface area contributed by atoms with Crippen LogP contribution in [0.2, 0.25) is 0 Å². The maximum atomic E-state index is 12.1. The van der Waals surface area contributed by atoms with Crippen molar-refractivity contribution >= 4 is 35.4 Å². The van der Waals surface area contributed by atoms with Gasteiger partial charge in [0.1, 0.15) is 0 Å². The fourth-order valence-electron chi connectivity index (χ4n) is 2.53. The van der Waals surface area contributed by atoms with Crippen LogP contribution in [0.3, 0.4) is 0 Å². The molecule has 112 valence electrons. The van der Waals surface area contributed by atoms with E-state index < -0.39 is 19.1 Å². The summed E-state index contributed by atoms with van der Waals surface area (Å²) >= 11 is 0. The zero-order valence-corrected chi connectivity index (χ0v) is 13.6. The van der Waals surface area contributed by atoms with Gasteiger partial charge in [0.05, 0.1) is 16.3 Å². The van der Waals surface area contributed by atoms with Gasteiger partial charge in [-0.25, -0.2) is 16.8 Å². The minimum atomic E-state index is -3.84. The molecular formula is C12H16ClNO4S2. The fraction of sp³-hybridized carbons (Fsp3) is 0.500. The topological polar surface area (TPSA) is 71.5 Å². The van der Waals surface area contributed by atoms with Crippen molar-refractivity contribution in [2.45, 2.75) is 31.6 Å². The van der Waals surface area contributed by atoms with Crippen molar-refractivity contribution in [2.75, 3.05) is 16.6 Å². The standard InChI is InChI=1S/C12H16ClNO4S2/c1-9-7-11(8-10(2)12(9)20(13,17)18)14-5-3-4-6-19(14,15)16/h7-8H,3-6H2,1-2H3. The Morgan fingerprint density at radius 2 is 1.70 bits per heavy atom. The molecule has 1 heterocycles. The molecule has 1 aliphatic rings. The van der Waals surface area contributed by atoms with E-state index in [1.54, 1.807) is 26.0 Å². The van der Waals surface area contributed by atoms with E-state index >= 15 is 0 Å². The highest BCUT2D eigenvalue weighted by Crippen LogP contribution is 2.31. The summed E-state index contributed by atoms with van der Waals surface area (Å²) < 4.78 is 48.5. The summed E-state index contributed by atoms with van der Waals surface area (Å²) in [6, 6.07) is 3.12. The van der Waals surface area contributed by atoms with E-state index in [1.165, 1.54) is 4.31 Å². The van der Waals surface area contributed by atoms with Gasteiger partial charge in [-0.05, 0) is 49.9 Å². The molecule has 1 aromatic carbocycles. The molecule has 0 N–H and O–H groups in total. The molecule has 0 amide bonds. The highest BCUT2D eigenvalue weighted by Gasteiger charge is 2.27. The Balaban J connectivity index is 2.56. The van der Waals surface area contributed by atoms with Gasteiger partial charge in [0.15, 0.2) is 0 Å². The zero-order valence-electron chi connectivity index (χ0n) is 11.3. The SMILES string of the molecule is Cc1cc(N2CCCCS2(=O)=O)cc(C)c1S(=O)(=O)Cl. The number of sulfonamides is 1. The Labute approximate surface area is 124 Å². The zero-order chi connectivity index (χ0) is 15.1. The predicted octanol–water partition coefficient (Wildman–Crippen LogP) is 2.16. The van der Waals surface area contributed by atoms with Crippen LogP contribution >= 0.6 is 10.7 Å². The number of anilines is 1. The highest BCUT2D eigenvalue weighted by atomic mass is 35.7. The molecule has 0 spiro atoms. The molecule has 0 aliphatic carbocycles. The average molecular weight is 338 g/mol. The number of benzene rings is 1. The molecule has 1 aromatic rings. The lowest BCUT2D eigenvalue weighted by Crippen LogP contribution is -2.38. The van der Waals surface area contributed by atoms with Gasteiger partial charge in [-0.3, -0.25) is 4.31 Å². The number of aryl methyl sites for hydroxylation is 2. The lowest BCUT2D eigenvalue weighted by molar-refractivity contribution is 0.574. The third-order valence-corrected chi connectivity index (χ3v) is 6.79. The van der Waals surface area contributed by atoms with Crippen molar-refractivity contribution in [1.82, 2.24) is 0 Å². The molecule has 0 bridgehead atoms. The van der Waals surface area contributed by atoms with Crippen LogP contribution in [0.5, 0.6) is 0 Å². The van der Waals surface area contributed by atoms with E-state index in [1.807, 2.05) is 0 Å². The molecule has 1 saturated heterocycles. The monoisotopic (exact) mass is 337 g/mol. The third kappa shape index (κ3) is 2.94. The van der Waals surface area contributed by atoms with E-state index in [2.05, 4.69) is 0 Å². The molecule has 0 saturated carbocycles. The van der Waals surface area contributed by atoms with Gasteiger partial charge in [0.2, 0.25) is 10.0 Å². The van der Waals surface area contributed by atoms with Gasteiger partial charge in [-0.15, -0.1) is 0 Å². The Kier molecular flexibility index (Phi) is 4.05. The van der Waals surface area contributed by atoms with Gasteiger partial charge in [0.25, 0.3) is 9.05 Å². The smallest absolute Gasteiger partial charge is 0.261 e. The molecule has 2 rings (SSSR count). The lowest BCUT2D eigenvalue weighted by atomic mass is 10.1. The fourth-order valence-corrected chi connectivity index (χ4v) is 5.78. The van der Waals surface area contributed by atoms with Gasteiger partial charge in [-0.2, -0.15) is 0 Å². The molecule has 0 radical (unpaired) electrons. The van der Waals surface area contributed by atoms with E-state index in [4.69, 9.17) is 10.7 Å². The molecular weight excluding hydrogens is 322 g/mol. The molecule has 0 unspecified atom stereocenters. The first-order valence-electron chi connectivity index (χ1n) is 6.19. The van der Waals surface area contributed by atoms with E-state index in [9.17, 15) is 16.8 Å². The van der Waals surface area contributed by atoms with Gasteiger partial charge in [0, 0.05) is 17.2 Å². The van der Waals surface area contributed by atoms with Crippen LogP contribution in [0.25, 0.3) is 0 Å². The van der Waals surface area contributed by atoms with Crippen LogP contribution in [0.1, 0.15) is 24.0 Å². The molecule has 5 nitrogen and oxygen atoms in total. The summed E-state index contributed by atoms with van der Waals surface area (Å²) in [5, 5.41) is 0. The van der Waals surface area contributed by atoms with Crippen LogP contribution in [0.15, 0.2) is 17.0 Å². The Bertz CT molecular complexity index is 718. The Hall–Kier alpha value is -0.790. The molecule has 8 heteroatoms. The molecule has 1 fully saturated rings. The van der Waals surface area contributed by atoms with E-state index in [0.717, 1.165) is 6.42 Å². The molecule has 0 aromatic heterocycles. The minimum absolute atomic E-state index is 0.0531. The molecule has 0 atom stereocenters. The van der Waals surface area contributed by atoms with Crippen LogP contribution in [0.4, 0.5) is 5.69 Å². The van der Waals surface area contributed by atoms with Crippen LogP contribution < -0.4 is 4.31 Å². The Morgan fingerprint density at radius 1 is 1.15 bits per heavy atom. The number of nitrogens with zero attached hydrogens (tertiary/aromatic N) is 1. The summed E-state index contributed by atoms with van der Waals surface area (Å²) in [7, 11) is -1.74.